The van der Waals surface area contributed by atoms with Gasteiger partial charge in [-0.3, -0.25) is 4.79 Å². The van der Waals surface area contributed by atoms with Crippen molar-refractivity contribution in [2.24, 2.45) is 5.92 Å². The van der Waals surface area contributed by atoms with Gasteiger partial charge >= 0.3 is 0 Å². The van der Waals surface area contributed by atoms with Crippen LogP contribution in [0.1, 0.15) is 40.9 Å². The van der Waals surface area contributed by atoms with Crippen molar-refractivity contribution in [1.82, 2.24) is 15.0 Å². The molecule has 6 heteroatoms. The predicted molar refractivity (Wildman–Crippen MR) is 111 cm³/mol. The van der Waals surface area contributed by atoms with Gasteiger partial charge < -0.3 is 14.7 Å². The molecule has 150 valence electrons. The number of carbonyl (C=O) groups excluding carboxylic acids is 1. The van der Waals surface area contributed by atoms with Gasteiger partial charge in [0.1, 0.15) is 17.8 Å². The molecule has 0 saturated carbocycles. The summed E-state index contributed by atoms with van der Waals surface area (Å²) in [5, 5.41) is 7.02. The third kappa shape index (κ3) is 5.22. The standard InChI is InChI=1S/C23H26N4O2/c28-23(20-8-9-22(24-16-20)25-17-21-12-15-29-26-21)27-13-10-19(11-14-27)7-6-18-4-2-1-3-5-18/h1-5,8-9,12,15-16,19H,6-7,10-11,13-14,17H2,(H,24,25). The topological polar surface area (TPSA) is 71.3 Å². The van der Waals surface area contributed by atoms with E-state index >= 15 is 0 Å². The van der Waals surface area contributed by atoms with Gasteiger partial charge in [-0.05, 0) is 49.3 Å². The van der Waals surface area contributed by atoms with Crippen molar-refractivity contribution >= 4 is 11.7 Å². The molecule has 1 N–H and O–H groups in total. The molecule has 29 heavy (non-hydrogen) atoms. The molecule has 4 rings (SSSR count). The van der Waals surface area contributed by atoms with Crippen molar-refractivity contribution in [2.45, 2.75) is 32.2 Å². The molecule has 0 atom stereocenters. The summed E-state index contributed by atoms with van der Waals surface area (Å²) in [6.45, 7) is 2.18. The quantitative estimate of drug-likeness (QED) is 0.656. The molecule has 3 heterocycles. The first-order valence-electron chi connectivity index (χ1n) is 10.2. The fraction of sp³-hybridized carbons (Fsp3) is 0.348. The van der Waals surface area contributed by atoms with E-state index in [-0.39, 0.29) is 5.91 Å². The molecular weight excluding hydrogens is 364 g/mol. The van der Waals surface area contributed by atoms with Crippen LogP contribution in [0, 0.1) is 5.92 Å². The zero-order valence-electron chi connectivity index (χ0n) is 16.5. The Morgan fingerprint density at radius 1 is 1.10 bits per heavy atom. The summed E-state index contributed by atoms with van der Waals surface area (Å²) in [6, 6.07) is 16.1. The van der Waals surface area contributed by atoms with Crippen molar-refractivity contribution < 1.29 is 9.32 Å². The zero-order chi connectivity index (χ0) is 19.9. The van der Waals surface area contributed by atoms with Gasteiger partial charge in [-0.15, -0.1) is 0 Å². The maximum absolute atomic E-state index is 12.8. The Morgan fingerprint density at radius 3 is 2.62 bits per heavy atom. The predicted octanol–water partition coefficient (Wildman–Crippen LogP) is 4.17. The van der Waals surface area contributed by atoms with Crippen LogP contribution in [0.25, 0.3) is 0 Å². The lowest BCUT2D eigenvalue weighted by molar-refractivity contribution is 0.0686. The van der Waals surface area contributed by atoms with Crippen LogP contribution in [0.5, 0.6) is 0 Å². The van der Waals surface area contributed by atoms with E-state index in [1.165, 1.54) is 18.2 Å². The van der Waals surface area contributed by atoms with E-state index in [1.54, 1.807) is 12.3 Å². The minimum absolute atomic E-state index is 0.0714. The molecule has 0 unspecified atom stereocenters. The van der Waals surface area contributed by atoms with Crippen LogP contribution in [-0.4, -0.2) is 34.0 Å². The summed E-state index contributed by atoms with van der Waals surface area (Å²) in [4.78, 5) is 19.1. The summed E-state index contributed by atoms with van der Waals surface area (Å²) < 4.78 is 4.81. The monoisotopic (exact) mass is 390 g/mol. The number of hydrogen-bond donors (Lipinski definition) is 1. The zero-order valence-corrected chi connectivity index (χ0v) is 16.5. The average Bonchev–Trinajstić information content (AvgIpc) is 3.31. The summed E-state index contributed by atoms with van der Waals surface area (Å²) in [6.07, 6.45) is 7.64. The van der Waals surface area contributed by atoms with Crippen LogP contribution in [0.4, 0.5) is 5.82 Å². The van der Waals surface area contributed by atoms with E-state index in [9.17, 15) is 4.79 Å². The third-order valence-electron chi connectivity index (χ3n) is 5.54. The number of nitrogens with zero attached hydrogens (tertiary/aromatic N) is 3. The molecule has 1 aromatic carbocycles. The summed E-state index contributed by atoms with van der Waals surface area (Å²) in [7, 11) is 0. The molecule has 6 nitrogen and oxygen atoms in total. The van der Waals surface area contributed by atoms with Crippen LogP contribution in [0.3, 0.4) is 0 Å². The summed E-state index contributed by atoms with van der Waals surface area (Å²) in [5.41, 5.74) is 2.84. The molecule has 3 aromatic rings. The van der Waals surface area contributed by atoms with Gasteiger partial charge in [-0.1, -0.05) is 35.5 Å². The number of hydrogen-bond acceptors (Lipinski definition) is 5. The second-order valence-corrected chi connectivity index (χ2v) is 7.54. The van der Waals surface area contributed by atoms with Crippen LogP contribution in [-0.2, 0) is 13.0 Å². The van der Waals surface area contributed by atoms with Gasteiger partial charge in [0.15, 0.2) is 0 Å². The van der Waals surface area contributed by atoms with Crippen molar-refractivity contribution in [2.75, 3.05) is 18.4 Å². The summed E-state index contributed by atoms with van der Waals surface area (Å²) >= 11 is 0. The maximum atomic E-state index is 12.8. The molecule has 2 aromatic heterocycles. The SMILES string of the molecule is O=C(c1ccc(NCc2ccon2)nc1)N1CCC(CCc2ccccc2)CC1. The van der Waals surface area contributed by atoms with Crippen molar-refractivity contribution in [3.63, 3.8) is 0 Å². The van der Waals surface area contributed by atoms with E-state index < -0.39 is 0 Å². The highest BCUT2D eigenvalue weighted by Gasteiger charge is 2.23. The number of aryl methyl sites for hydroxylation is 1. The maximum Gasteiger partial charge on any atom is 0.255 e. The number of likely N-dealkylation sites (tertiary alicyclic amines) is 1. The van der Waals surface area contributed by atoms with Crippen LogP contribution >= 0.6 is 0 Å². The van der Waals surface area contributed by atoms with E-state index in [1.807, 2.05) is 17.0 Å². The number of rotatable bonds is 7. The minimum Gasteiger partial charge on any atom is -0.364 e. The Labute approximate surface area is 170 Å². The van der Waals surface area contributed by atoms with E-state index in [4.69, 9.17) is 4.52 Å². The van der Waals surface area contributed by atoms with Crippen LogP contribution in [0.15, 0.2) is 65.5 Å². The first-order chi connectivity index (χ1) is 14.3. The first kappa shape index (κ1) is 19.2. The molecule has 0 spiro atoms. The molecule has 0 radical (unpaired) electrons. The number of carbonyl (C=O) groups is 1. The minimum atomic E-state index is 0.0714. The largest absolute Gasteiger partial charge is 0.364 e. The number of amides is 1. The normalized spacial score (nSPS) is 14.7. The van der Waals surface area contributed by atoms with E-state index in [0.717, 1.165) is 38.0 Å². The molecule has 1 fully saturated rings. The molecule has 1 aliphatic rings. The Hall–Kier alpha value is -3.15. The van der Waals surface area contributed by atoms with Crippen molar-refractivity contribution in [3.8, 4) is 0 Å². The number of anilines is 1. The second-order valence-electron chi connectivity index (χ2n) is 7.54. The smallest absolute Gasteiger partial charge is 0.255 e. The average molecular weight is 390 g/mol. The molecule has 0 aliphatic carbocycles. The number of piperidine rings is 1. The van der Waals surface area contributed by atoms with E-state index in [0.29, 0.717) is 23.8 Å². The van der Waals surface area contributed by atoms with Crippen molar-refractivity contribution in [3.05, 3.63) is 77.8 Å². The number of pyridine rings is 1. The van der Waals surface area contributed by atoms with Gasteiger partial charge in [0.25, 0.3) is 5.91 Å². The Kier molecular flexibility index (Phi) is 6.19. The number of aromatic nitrogens is 2. The Morgan fingerprint density at radius 2 is 1.93 bits per heavy atom. The second kappa shape index (κ2) is 9.37. The van der Waals surface area contributed by atoms with Gasteiger partial charge in [0.2, 0.25) is 0 Å². The highest BCUT2D eigenvalue weighted by molar-refractivity contribution is 5.94. The highest BCUT2D eigenvalue weighted by atomic mass is 16.5. The molecular formula is C23H26N4O2. The summed E-state index contributed by atoms with van der Waals surface area (Å²) in [5.74, 6) is 1.48. The molecule has 1 amide bonds. The fourth-order valence-electron chi connectivity index (χ4n) is 3.76. The number of nitrogens with one attached hydrogen (secondary N) is 1. The lowest BCUT2D eigenvalue weighted by atomic mass is 9.90. The van der Waals surface area contributed by atoms with Crippen LogP contribution in [0.2, 0.25) is 0 Å². The van der Waals surface area contributed by atoms with Gasteiger partial charge in [-0.2, -0.15) is 0 Å². The van der Waals surface area contributed by atoms with Crippen molar-refractivity contribution in [1.29, 1.82) is 0 Å². The lowest BCUT2D eigenvalue weighted by Gasteiger charge is -2.32. The molecule has 1 saturated heterocycles. The highest BCUT2D eigenvalue weighted by Crippen LogP contribution is 2.23. The molecule has 1 aliphatic heterocycles. The Balaban J connectivity index is 1.23. The van der Waals surface area contributed by atoms with Gasteiger partial charge in [0.05, 0.1) is 12.1 Å². The third-order valence-corrected chi connectivity index (χ3v) is 5.54. The number of benzene rings is 1. The van der Waals surface area contributed by atoms with Gasteiger partial charge in [-0.25, -0.2) is 4.98 Å². The Bertz CT molecular complexity index is 886. The first-order valence-corrected chi connectivity index (χ1v) is 10.2. The fourth-order valence-corrected chi connectivity index (χ4v) is 3.76. The van der Waals surface area contributed by atoms with E-state index in [2.05, 4.69) is 45.8 Å². The van der Waals surface area contributed by atoms with Crippen LogP contribution < -0.4 is 5.32 Å². The lowest BCUT2D eigenvalue weighted by Crippen LogP contribution is -2.38. The molecule has 0 bridgehead atoms. The van der Waals surface area contributed by atoms with Gasteiger partial charge in [0, 0.05) is 25.4 Å².